The number of rotatable bonds is 20. The first kappa shape index (κ1) is 78.9. The van der Waals surface area contributed by atoms with Crippen LogP contribution in [0.4, 0.5) is 34.1 Å². The van der Waals surface area contributed by atoms with Gasteiger partial charge >= 0.3 is 5.97 Å². The lowest BCUT2D eigenvalue weighted by Gasteiger charge is -2.19. The molecule has 0 amide bonds. The van der Waals surface area contributed by atoms with Crippen molar-refractivity contribution in [3.05, 3.63) is 304 Å². The summed E-state index contributed by atoms with van der Waals surface area (Å²) in [6.07, 6.45) is 4.72. The summed E-state index contributed by atoms with van der Waals surface area (Å²) >= 11 is 11.8. The molecule has 524 valence electrons. The highest BCUT2D eigenvalue weighted by Crippen LogP contribution is 2.38. The van der Waals surface area contributed by atoms with E-state index in [-0.39, 0.29) is 27.9 Å². The number of nitro benzene ring substituents is 2. The van der Waals surface area contributed by atoms with Crippen LogP contribution >= 0.6 is 23.2 Å². The molecule has 0 saturated carbocycles. The molecule has 10 rings (SSSR count). The van der Waals surface area contributed by atoms with Gasteiger partial charge in [0.25, 0.3) is 11.4 Å². The Labute approximate surface area is 601 Å². The van der Waals surface area contributed by atoms with Crippen molar-refractivity contribution in [3.8, 4) is 23.0 Å². The number of carbonyl (C=O) groups excluding carboxylic acids is 1. The van der Waals surface area contributed by atoms with Crippen LogP contribution in [0.5, 0.6) is 23.0 Å². The lowest BCUT2D eigenvalue weighted by molar-refractivity contribution is -0.385. The molecule has 0 unspecified atom stereocenters. The number of esters is 1. The van der Waals surface area contributed by atoms with Gasteiger partial charge in [0.05, 0.1) is 58.4 Å². The summed E-state index contributed by atoms with van der Waals surface area (Å²) in [5, 5.41) is 42.8. The number of hydrogen-bond donors (Lipinski definition) is 2. The van der Waals surface area contributed by atoms with Gasteiger partial charge in [-0.05, 0) is 150 Å². The zero-order valence-corrected chi connectivity index (χ0v) is 60.6. The average Bonchev–Trinajstić information content (AvgIpc) is 1.09. The maximum absolute atomic E-state index is 11.3. The van der Waals surface area contributed by atoms with Crippen molar-refractivity contribution in [2.24, 2.45) is 15.0 Å². The van der Waals surface area contributed by atoms with Crippen LogP contribution in [0.25, 0.3) is 0 Å². The maximum atomic E-state index is 11.3. The number of carbonyl (C=O) groups is 1. The largest absolute Gasteiger partial charge is 0.507 e. The molecule has 0 saturated heterocycles. The lowest BCUT2D eigenvalue weighted by atomic mass is 9.93. The highest BCUT2D eigenvalue weighted by atomic mass is 35.5. The van der Waals surface area contributed by atoms with Crippen LogP contribution in [-0.4, -0.2) is 75.4 Å². The third-order valence-electron chi connectivity index (χ3n) is 15.4. The minimum atomic E-state index is -0.488. The fraction of sp³-hybridized carbons (Fsp3) is 0.235. The van der Waals surface area contributed by atoms with E-state index in [9.17, 15) is 35.2 Å². The molecule has 2 N–H and O–H groups in total. The number of ether oxygens (including phenoxy) is 3. The van der Waals surface area contributed by atoms with Crippen LogP contribution in [0.1, 0.15) is 152 Å². The smallest absolute Gasteiger partial charge is 0.356 e. The Bertz CT molecular complexity index is 4390. The molecule has 101 heavy (non-hydrogen) atoms. The fourth-order valence-electron chi connectivity index (χ4n) is 10.0. The summed E-state index contributed by atoms with van der Waals surface area (Å²) in [4.78, 5) is 56.3. The van der Waals surface area contributed by atoms with Crippen molar-refractivity contribution in [3.63, 3.8) is 0 Å². The monoisotopic (exact) mass is 1400 g/mol. The quantitative estimate of drug-likeness (QED) is 0.0313. The van der Waals surface area contributed by atoms with E-state index in [2.05, 4.69) is 122 Å². The van der Waals surface area contributed by atoms with Gasteiger partial charge in [-0.15, -0.1) is 0 Å². The molecule has 20 heteroatoms. The van der Waals surface area contributed by atoms with E-state index < -0.39 is 15.8 Å². The van der Waals surface area contributed by atoms with Gasteiger partial charge in [0.1, 0.15) is 35.3 Å². The van der Waals surface area contributed by atoms with Crippen molar-refractivity contribution in [2.45, 2.75) is 106 Å². The van der Waals surface area contributed by atoms with Crippen LogP contribution in [0.2, 0.25) is 10.0 Å². The van der Waals surface area contributed by atoms with Gasteiger partial charge in [-0.2, -0.15) is 0 Å². The number of nitro groups is 2. The Morgan fingerprint density at radius 3 is 1.63 bits per heavy atom. The predicted octanol–water partition coefficient (Wildman–Crippen LogP) is 21.2. The number of aliphatic imine (C=N–C) groups is 3. The first-order valence-electron chi connectivity index (χ1n) is 32.6. The van der Waals surface area contributed by atoms with Crippen LogP contribution in [0.3, 0.4) is 0 Å². The maximum Gasteiger partial charge on any atom is 0.356 e. The summed E-state index contributed by atoms with van der Waals surface area (Å²) in [6, 6.07) is 62.5. The molecule has 0 aliphatic rings. The van der Waals surface area contributed by atoms with Gasteiger partial charge in [-0.1, -0.05) is 176 Å². The van der Waals surface area contributed by atoms with Gasteiger partial charge < -0.3 is 29.3 Å². The van der Waals surface area contributed by atoms with Gasteiger partial charge in [0, 0.05) is 88.7 Å². The second-order valence-corrected chi connectivity index (χ2v) is 25.2. The number of halogens is 2. The Morgan fingerprint density at radius 1 is 0.614 bits per heavy atom. The normalized spacial score (nSPS) is 11.0. The van der Waals surface area contributed by atoms with E-state index in [4.69, 9.17) is 37.7 Å². The van der Waals surface area contributed by atoms with E-state index in [0.29, 0.717) is 69.1 Å². The third-order valence-corrected chi connectivity index (χ3v) is 15.9. The van der Waals surface area contributed by atoms with E-state index in [0.717, 1.165) is 74.2 Å². The SMILES string of the molecule is CC(=Nc1ccccc1)c1cc(Cl)cc(Cl)c1O.CC(C)c1cccc(C(C)C)c1N=Cc1cc([N+](=O)[O-])ccc1O.CC(C)c1cccc(C(C)C)c1N=Cc1cc([N+](=O)[O-])ccc1OCc1ccccc1.COC(=O)c1ccccn1.COc1ccc(N(C)Cc2cccc(C)n2)cc1. The standard InChI is InChI=1S/C26H28N2O3.C19H22N2O3.C15H18N2O.C14H11Cl2NO.C7H7NO2/c1-18(2)23-11-8-12-24(19(3)4)26(23)27-16-21-15-22(28(29)30)13-14-25(21)31-17-20-9-6-5-7-10-20;1-12(2)16-6-5-7-17(13(3)4)19(16)20-11-14-10-15(21(23)24)8-9-18(14)22;1-12-5-4-6-13(16-12)11-17(2)14-7-9-15(18-3)10-8-14;1-9(17-11-5-3-2-4-6-11)12-7-10(15)8-13(16)14(12)18;1-10-7(9)6-4-2-3-5-8-6/h5-16,18-19H,17H2,1-4H3;5-13,22H,1-4H3;4-10H,11H2,1-3H3;2-8,18H,1H3;2-5H,1H3. The third kappa shape index (κ3) is 24.4. The van der Waals surface area contributed by atoms with E-state index >= 15 is 0 Å². The molecule has 2 aromatic heterocycles. The Hall–Kier alpha value is -11.1. The molecule has 2 heterocycles. The molecule has 0 spiro atoms. The number of para-hydroxylation sites is 3. The van der Waals surface area contributed by atoms with Gasteiger partial charge in [-0.25, -0.2) is 9.78 Å². The van der Waals surface area contributed by atoms with Crippen molar-refractivity contribution in [1.29, 1.82) is 0 Å². The highest BCUT2D eigenvalue weighted by Gasteiger charge is 2.18. The topological polar surface area (TPSA) is 238 Å². The first-order valence-corrected chi connectivity index (χ1v) is 33.4. The molecule has 18 nitrogen and oxygen atoms in total. The van der Waals surface area contributed by atoms with Crippen molar-refractivity contribution in [1.82, 2.24) is 9.97 Å². The first-order chi connectivity index (χ1) is 48.3. The fourth-order valence-corrected chi connectivity index (χ4v) is 10.5. The lowest BCUT2D eigenvalue weighted by Crippen LogP contribution is -2.17. The molecule has 8 aromatic carbocycles. The summed E-state index contributed by atoms with van der Waals surface area (Å²) in [5.74, 6) is 2.22. The Balaban J connectivity index is 0.000000207. The predicted molar refractivity (Wildman–Crippen MR) is 408 cm³/mol. The summed E-state index contributed by atoms with van der Waals surface area (Å²) in [6.45, 7) is 21.9. The highest BCUT2D eigenvalue weighted by molar-refractivity contribution is 6.36. The molecule has 0 radical (unpaired) electrons. The molecular weight excluding hydrogens is 1320 g/mol. The number of phenols is 2. The van der Waals surface area contributed by atoms with Crippen LogP contribution in [0, 0.1) is 27.2 Å². The number of non-ortho nitro benzene ring substituents is 2. The molecule has 0 atom stereocenters. The van der Waals surface area contributed by atoms with Crippen LogP contribution in [-0.2, 0) is 17.9 Å². The van der Waals surface area contributed by atoms with E-state index in [1.165, 1.54) is 49.7 Å². The molecule has 0 fully saturated rings. The number of anilines is 1. The molecule has 0 bridgehead atoms. The van der Waals surface area contributed by atoms with Gasteiger partial charge in [0.2, 0.25) is 0 Å². The molecule has 0 aliphatic heterocycles. The van der Waals surface area contributed by atoms with E-state index in [1.807, 2.05) is 116 Å². The van der Waals surface area contributed by atoms with E-state index in [1.54, 1.807) is 56.8 Å². The Kier molecular flexibility index (Phi) is 30.9. The second-order valence-electron chi connectivity index (χ2n) is 24.3. The van der Waals surface area contributed by atoms with Crippen molar-refractivity contribution in [2.75, 3.05) is 26.2 Å². The number of nitrogens with zero attached hydrogens (tertiary/aromatic N) is 8. The number of phenolic OH excluding ortho intramolecular Hbond substituents is 2. The summed E-state index contributed by atoms with van der Waals surface area (Å²) in [5.41, 5.74) is 13.8. The zero-order valence-electron chi connectivity index (χ0n) is 59.1. The van der Waals surface area contributed by atoms with Gasteiger partial charge in [0.15, 0.2) is 0 Å². The molecular formula is C81H86Cl2N8O10. The zero-order chi connectivity index (χ0) is 73.7. The number of hydrogen-bond acceptors (Lipinski definition) is 16. The number of aryl methyl sites for hydroxylation is 1. The van der Waals surface area contributed by atoms with Gasteiger partial charge in [-0.3, -0.25) is 40.2 Å². The second kappa shape index (κ2) is 39.5. The minimum absolute atomic E-state index is 0.00162. The Morgan fingerprint density at radius 2 is 1.13 bits per heavy atom. The number of aromatic nitrogens is 2. The number of pyridine rings is 2. The molecule has 0 aliphatic carbocycles. The van der Waals surface area contributed by atoms with Crippen molar-refractivity contribution < 1.29 is 39.1 Å². The number of benzene rings is 8. The average molecular weight is 1400 g/mol. The van der Waals surface area contributed by atoms with Crippen molar-refractivity contribution >= 4 is 81.4 Å². The van der Waals surface area contributed by atoms with Crippen LogP contribution in [0.15, 0.2) is 227 Å². The number of aromatic hydroxyl groups is 2. The number of methoxy groups -OCH3 is 2. The molecule has 10 aromatic rings. The summed E-state index contributed by atoms with van der Waals surface area (Å²) in [7, 11) is 5.07. The van der Waals surface area contributed by atoms with Crippen LogP contribution < -0.4 is 14.4 Å². The minimum Gasteiger partial charge on any atom is -0.507 e. The summed E-state index contributed by atoms with van der Waals surface area (Å²) < 4.78 is 15.6.